The second-order valence-corrected chi connectivity index (χ2v) is 9.97. The summed E-state index contributed by atoms with van der Waals surface area (Å²) in [6.45, 7) is 6.66. The summed E-state index contributed by atoms with van der Waals surface area (Å²) < 4.78 is 10.9. The molecule has 3 aliphatic rings. The number of carbonyl (C=O) groups excluding carboxylic acids is 2. The minimum absolute atomic E-state index is 0.0614. The van der Waals surface area contributed by atoms with Gasteiger partial charge >= 0.3 is 5.97 Å². The van der Waals surface area contributed by atoms with Crippen LogP contribution in [0.1, 0.15) is 30.5 Å². The first-order valence-corrected chi connectivity index (χ1v) is 13.9. The van der Waals surface area contributed by atoms with Crippen molar-refractivity contribution in [1.82, 2.24) is 15.1 Å². The highest BCUT2D eigenvalue weighted by Gasteiger charge is 2.42. The lowest BCUT2D eigenvalue weighted by atomic mass is 9.91. The number of ether oxygens (including phenoxy) is 2. The quantitative estimate of drug-likeness (QED) is 0.492. The molecule has 2 aromatic carbocycles. The van der Waals surface area contributed by atoms with Gasteiger partial charge in [-0.1, -0.05) is 72.4 Å². The van der Waals surface area contributed by atoms with Gasteiger partial charge in [0.2, 0.25) is 5.91 Å². The summed E-state index contributed by atoms with van der Waals surface area (Å²) in [7, 11) is 0. The van der Waals surface area contributed by atoms with Gasteiger partial charge in [-0.15, -0.1) is 0 Å². The van der Waals surface area contributed by atoms with Gasteiger partial charge in [0.05, 0.1) is 43.6 Å². The van der Waals surface area contributed by atoms with Crippen LogP contribution in [0, 0.1) is 0 Å². The number of amidine groups is 1. The standard InChI is InChI=1S/C29H32N4O4S/c1-2-37-28(35)25-26(21-9-5-3-6-10-21)31-29-33(27(25)22-11-7-4-8-12-22)23(20-38-29)19-24(34)30-13-14-32-15-17-36-18-16-32/h3-12,20,27H,2,13-19H2,1H3,(H,30,34)/t27-/m1/s1. The van der Waals surface area contributed by atoms with Crippen molar-refractivity contribution in [1.29, 1.82) is 0 Å². The highest BCUT2D eigenvalue weighted by atomic mass is 32.2. The molecule has 0 aromatic heterocycles. The molecule has 3 heterocycles. The Bertz CT molecular complexity index is 1240. The molecule has 38 heavy (non-hydrogen) atoms. The van der Waals surface area contributed by atoms with Crippen molar-refractivity contribution < 1.29 is 19.1 Å². The predicted octanol–water partition coefficient (Wildman–Crippen LogP) is 3.80. The Kier molecular flexibility index (Phi) is 8.58. The molecule has 1 saturated heterocycles. The van der Waals surface area contributed by atoms with Crippen molar-refractivity contribution in [3.63, 3.8) is 0 Å². The summed E-state index contributed by atoms with van der Waals surface area (Å²) in [6.07, 6.45) is 0.190. The first-order chi connectivity index (χ1) is 18.7. The topological polar surface area (TPSA) is 83.5 Å². The minimum atomic E-state index is -0.472. The summed E-state index contributed by atoms with van der Waals surface area (Å²) in [5, 5.41) is 5.76. The first-order valence-electron chi connectivity index (χ1n) is 13.0. The van der Waals surface area contributed by atoms with E-state index in [4.69, 9.17) is 14.5 Å². The number of carbonyl (C=O) groups is 2. The molecule has 5 rings (SSSR count). The van der Waals surface area contributed by atoms with Crippen LogP contribution in [-0.4, -0.2) is 72.8 Å². The van der Waals surface area contributed by atoms with Crippen LogP contribution in [0.25, 0.3) is 5.70 Å². The summed E-state index contributed by atoms with van der Waals surface area (Å²) in [5.41, 5.74) is 3.65. The van der Waals surface area contributed by atoms with Crippen molar-refractivity contribution in [3.8, 4) is 0 Å². The lowest BCUT2D eigenvalue weighted by Crippen LogP contribution is -2.42. The van der Waals surface area contributed by atoms with Gasteiger partial charge < -0.3 is 19.7 Å². The van der Waals surface area contributed by atoms with E-state index in [0.29, 0.717) is 17.8 Å². The SMILES string of the molecule is CCOC(=O)C1=C(c2ccccc2)N=C2SC=C(CC(=O)NCCN3CCOCC3)N2[C@@H]1c1ccccc1. The fourth-order valence-electron chi connectivity index (χ4n) is 4.84. The number of amides is 1. The summed E-state index contributed by atoms with van der Waals surface area (Å²) >= 11 is 1.47. The zero-order valence-corrected chi connectivity index (χ0v) is 22.3. The lowest BCUT2D eigenvalue weighted by molar-refractivity contribution is -0.139. The number of rotatable bonds is 9. The van der Waals surface area contributed by atoms with Gasteiger partial charge in [0.25, 0.3) is 0 Å². The van der Waals surface area contributed by atoms with E-state index in [0.717, 1.165) is 54.8 Å². The lowest BCUT2D eigenvalue weighted by Gasteiger charge is -2.36. The first kappa shape index (κ1) is 26.2. The van der Waals surface area contributed by atoms with E-state index >= 15 is 0 Å². The van der Waals surface area contributed by atoms with Gasteiger partial charge in [-0.05, 0) is 17.9 Å². The molecule has 8 nitrogen and oxygen atoms in total. The van der Waals surface area contributed by atoms with Gasteiger partial charge in [-0.25, -0.2) is 9.79 Å². The number of fused-ring (bicyclic) bond motifs is 1. The Morgan fingerprint density at radius 3 is 2.50 bits per heavy atom. The van der Waals surface area contributed by atoms with Gasteiger partial charge in [0, 0.05) is 37.4 Å². The maximum Gasteiger partial charge on any atom is 0.338 e. The van der Waals surface area contributed by atoms with Crippen molar-refractivity contribution in [2.45, 2.75) is 19.4 Å². The Morgan fingerprint density at radius 1 is 1.08 bits per heavy atom. The van der Waals surface area contributed by atoms with Crippen molar-refractivity contribution in [2.24, 2.45) is 4.99 Å². The molecule has 198 valence electrons. The average Bonchev–Trinajstić information content (AvgIpc) is 3.35. The molecule has 1 fully saturated rings. The summed E-state index contributed by atoms with van der Waals surface area (Å²) in [6, 6.07) is 19.1. The number of morpholine rings is 1. The second kappa shape index (κ2) is 12.4. The number of esters is 1. The van der Waals surface area contributed by atoms with E-state index in [9.17, 15) is 9.59 Å². The monoisotopic (exact) mass is 532 g/mol. The van der Waals surface area contributed by atoms with Gasteiger partial charge in [-0.3, -0.25) is 9.69 Å². The maximum absolute atomic E-state index is 13.5. The Hall–Kier alpha value is -3.40. The van der Waals surface area contributed by atoms with Gasteiger partial charge in [0.15, 0.2) is 5.17 Å². The molecule has 0 unspecified atom stereocenters. The highest BCUT2D eigenvalue weighted by molar-refractivity contribution is 8.16. The molecule has 0 aliphatic carbocycles. The van der Waals surface area contributed by atoms with Crippen molar-refractivity contribution >= 4 is 34.5 Å². The van der Waals surface area contributed by atoms with Gasteiger partial charge in [-0.2, -0.15) is 0 Å². The number of benzene rings is 2. The van der Waals surface area contributed by atoms with E-state index in [-0.39, 0.29) is 18.9 Å². The van der Waals surface area contributed by atoms with Crippen LogP contribution < -0.4 is 5.32 Å². The molecule has 0 radical (unpaired) electrons. The molecule has 0 saturated carbocycles. The van der Waals surface area contributed by atoms with E-state index < -0.39 is 12.0 Å². The highest BCUT2D eigenvalue weighted by Crippen LogP contribution is 2.46. The summed E-state index contributed by atoms with van der Waals surface area (Å²) in [4.78, 5) is 35.7. The average molecular weight is 533 g/mol. The smallest absolute Gasteiger partial charge is 0.338 e. The molecule has 1 amide bonds. The maximum atomic E-state index is 13.5. The minimum Gasteiger partial charge on any atom is -0.463 e. The molecule has 0 spiro atoms. The third-order valence-corrected chi connectivity index (χ3v) is 7.55. The normalized spacial score (nSPS) is 19.5. The van der Waals surface area contributed by atoms with E-state index in [1.165, 1.54) is 11.8 Å². The molecule has 2 aromatic rings. The van der Waals surface area contributed by atoms with Crippen molar-refractivity contribution in [3.05, 3.63) is 88.5 Å². The molecular formula is C29H32N4O4S. The fourth-order valence-corrected chi connectivity index (χ4v) is 5.76. The molecule has 1 N–H and O–H groups in total. The number of aliphatic imine (C=N–C) groups is 1. The van der Waals surface area contributed by atoms with E-state index in [1.54, 1.807) is 6.92 Å². The fraction of sp³-hybridized carbons (Fsp3) is 0.345. The molecular weight excluding hydrogens is 500 g/mol. The van der Waals surface area contributed by atoms with Crippen LogP contribution in [0.4, 0.5) is 0 Å². The van der Waals surface area contributed by atoms with Crippen LogP contribution in [0.5, 0.6) is 0 Å². The van der Waals surface area contributed by atoms with Gasteiger partial charge in [0.1, 0.15) is 0 Å². The third kappa shape index (κ3) is 5.85. The van der Waals surface area contributed by atoms with Crippen LogP contribution in [0.2, 0.25) is 0 Å². The number of hydrogen-bond acceptors (Lipinski definition) is 8. The van der Waals surface area contributed by atoms with Crippen LogP contribution >= 0.6 is 11.8 Å². The van der Waals surface area contributed by atoms with Crippen molar-refractivity contribution in [2.75, 3.05) is 46.0 Å². The second-order valence-electron chi connectivity index (χ2n) is 9.13. The zero-order chi connectivity index (χ0) is 26.3. The largest absolute Gasteiger partial charge is 0.463 e. The van der Waals surface area contributed by atoms with Crippen LogP contribution in [-0.2, 0) is 19.1 Å². The van der Waals surface area contributed by atoms with E-state index in [1.807, 2.05) is 71.0 Å². The predicted molar refractivity (Wildman–Crippen MR) is 149 cm³/mol. The molecule has 1 atom stereocenters. The number of nitrogens with zero attached hydrogens (tertiary/aromatic N) is 3. The molecule has 3 aliphatic heterocycles. The Labute approximate surface area is 227 Å². The molecule has 9 heteroatoms. The number of hydrogen-bond donors (Lipinski definition) is 1. The Morgan fingerprint density at radius 2 is 1.79 bits per heavy atom. The van der Waals surface area contributed by atoms with Crippen LogP contribution in [0.15, 0.2) is 82.3 Å². The Balaban J connectivity index is 1.43. The van der Waals surface area contributed by atoms with E-state index in [2.05, 4.69) is 10.2 Å². The zero-order valence-electron chi connectivity index (χ0n) is 21.5. The number of thioether (sulfide) groups is 1. The summed E-state index contributed by atoms with van der Waals surface area (Å²) in [5.74, 6) is -0.470. The third-order valence-electron chi connectivity index (χ3n) is 6.66. The molecule has 0 bridgehead atoms. The van der Waals surface area contributed by atoms with Crippen LogP contribution in [0.3, 0.4) is 0 Å². The number of nitrogens with one attached hydrogen (secondary N) is 1.